The van der Waals surface area contributed by atoms with Crippen LogP contribution in [0.15, 0.2) is 71.6 Å². The molecule has 2 aliphatic heterocycles. The van der Waals surface area contributed by atoms with Crippen molar-refractivity contribution in [1.29, 1.82) is 0 Å². The van der Waals surface area contributed by atoms with Gasteiger partial charge in [0, 0.05) is 30.2 Å². The maximum Gasteiger partial charge on any atom is 0.321 e. The van der Waals surface area contributed by atoms with Crippen molar-refractivity contribution in [3.63, 3.8) is 0 Å². The third-order valence-corrected chi connectivity index (χ3v) is 7.18. The van der Waals surface area contributed by atoms with Gasteiger partial charge in [0.15, 0.2) is 0 Å². The van der Waals surface area contributed by atoms with Gasteiger partial charge in [0.1, 0.15) is 0 Å². The highest BCUT2D eigenvalue weighted by molar-refractivity contribution is 8.03. The van der Waals surface area contributed by atoms with E-state index in [4.69, 9.17) is 4.74 Å². The molecule has 2 aliphatic rings. The summed E-state index contributed by atoms with van der Waals surface area (Å²) in [5.41, 5.74) is 2.29. The first-order valence-electron chi connectivity index (χ1n) is 11.3. The van der Waals surface area contributed by atoms with Gasteiger partial charge < -0.3 is 14.5 Å². The van der Waals surface area contributed by atoms with E-state index < -0.39 is 0 Å². The Morgan fingerprint density at radius 3 is 2.28 bits per heavy atom. The summed E-state index contributed by atoms with van der Waals surface area (Å²) in [4.78, 5) is 30.5. The van der Waals surface area contributed by atoms with E-state index in [0.717, 1.165) is 29.7 Å². The van der Waals surface area contributed by atoms with Crippen LogP contribution >= 0.6 is 11.8 Å². The summed E-state index contributed by atoms with van der Waals surface area (Å²) in [5, 5.41) is 0. The molecule has 2 atom stereocenters. The van der Waals surface area contributed by atoms with Crippen molar-refractivity contribution < 1.29 is 14.3 Å². The molecule has 0 bridgehead atoms. The number of benzene rings is 2. The predicted molar refractivity (Wildman–Crippen MR) is 128 cm³/mol. The van der Waals surface area contributed by atoms with Crippen LogP contribution in [0.1, 0.15) is 37.3 Å². The van der Waals surface area contributed by atoms with E-state index in [1.807, 2.05) is 64.9 Å². The van der Waals surface area contributed by atoms with E-state index >= 15 is 0 Å². The van der Waals surface area contributed by atoms with Crippen LogP contribution in [0.5, 0.6) is 0 Å². The Balaban J connectivity index is 1.51. The molecule has 5 nitrogen and oxygen atoms in total. The Hall–Kier alpha value is -2.73. The second-order valence-corrected chi connectivity index (χ2v) is 9.23. The minimum absolute atomic E-state index is 0.0685. The number of esters is 1. The Bertz CT molecular complexity index is 948. The van der Waals surface area contributed by atoms with Crippen LogP contribution in [0, 0.1) is 0 Å². The maximum absolute atomic E-state index is 13.5. The molecule has 2 heterocycles. The molecule has 2 fully saturated rings. The fourth-order valence-electron chi connectivity index (χ4n) is 4.41. The van der Waals surface area contributed by atoms with Gasteiger partial charge in [-0.15, -0.1) is 11.8 Å². The average Bonchev–Trinajstić information content (AvgIpc) is 3.33. The minimum atomic E-state index is -0.140. The first kappa shape index (κ1) is 22.5. The quantitative estimate of drug-likeness (QED) is 0.298. The molecule has 2 amide bonds. The number of hydrogen-bond acceptors (Lipinski definition) is 4. The van der Waals surface area contributed by atoms with Crippen LogP contribution in [0.4, 0.5) is 4.79 Å². The Morgan fingerprint density at radius 2 is 1.66 bits per heavy atom. The molecule has 32 heavy (non-hydrogen) atoms. The number of carbonyl (C=O) groups is 2. The third-order valence-electron chi connectivity index (χ3n) is 5.93. The number of rotatable bonds is 9. The molecule has 168 valence electrons. The standard InChI is InChI=1S/C26H30N2O3S/c1-2-31-24(29)16-10-9-15-23-25-22(19-32-23)27(17-20-11-5-3-6-12-20)26(30)28(25)18-21-13-7-4-8-14-21/h3-8,11-15,22,25H,2,9-10,16-19H2,1H3/t22-,25-/m1/s1. The molecular formula is C26H30N2O3S. The van der Waals surface area contributed by atoms with Crippen molar-refractivity contribution in [1.82, 2.24) is 9.80 Å². The van der Waals surface area contributed by atoms with Crippen molar-refractivity contribution in [2.45, 2.75) is 51.4 Å². The number of amides is 2. The van der Waals surface area contributed by atoms with E-state index in [0.29, 0.717) is 26.1 Å². The highest BCUT2D eigenvalue weighted by atomic mass is 32.2. The van der Waals surface area contributed by atoms with Gasteiger partial charge in [-0.05, 0) is 30.9 Å². The molecule has 0 unspecified atom stereocenters. The smallest absolute Gasteiger partial charge is 0.321 e. The first-order valence-corrected chi connectivity index (χ1v) is 12.3. The van der Waals surface area contributed by atoms with Gasteiger partial charge in [-0.25, -0.2) is 4.79 Å². The molecular weight excluding hydrogens is 420 g/mol. The topological polar surface area (TPSA) is 49.9 Å². The molecule has 0 N–H and O–H groups in total. The average molecular weight is 451 g/mol. The van der Waals surface area contributed by atoms with Crippen molar-refractivity contribution >= 4 is 23.8 Å². The summed E-state index contributed by atoms with van der Waals surface area (Å²) in [6.07, 6.45) is 4.24. The molecule has 0 aromatic heterocycles. The Kier molecular flexibility index (Phi) is 7.53. The van der Waals surface area contributed by atoms with Crippen LogP contribution in [-0.4, -0.2) is 46.2 Å². The molecule has 0 saturated carbocycles. The monoisotopic (exact) mass is 450 g/mol. The molecule has 0 aliphatic carbocycles. The van der Waals surface area contributed by atoms with Gasteiger partial charge in [-0.3, -0.25) is 4.79 Å². The zero-order valence-corrected chi connectivity index (χ0v) is 19.3. The van der Waals surface area contributed by atoms with Gasteiger partial charge in [0.05, 0.1) is 18.7 Å². The third kappa shape index (κ3) is 5.18. The van der Waals surface area contributed by atoms with E-state index in [1.54, 1.807) is 0 Å². The van der Waals surface area contributed by atoms with Gasteiger partial charge in [-0.1, -0.05) is 66.7 Å². The SMILES string of the molecule is CCOC(=O)CCCC=C1SC[C@@H]2[C@H]1N(Cc1ccccc1)C(=O)N2Cc1ccccc1. The summed E-state index contributed by atoms with van der Waals surface area (Å²) in [6.45, 7) is 3.48. The van der Waals surface area contributed by atoms with Crippen molar-refractivity contribution in [3.8, 4) is 0 Å². The van der Waals surface area contributed by atoms with Crippen LogP contribution in [0.25, 0.3) is 0 Å². The lowest BCUT2D eigenvalue weighted by Crippen LogP contribution is -2.35. The molecule has 2 aromatic rings. The highest BCUT2D eigenvalue weighted by Crippen LogP contribution is 2.43. The number of hydrogen-bond donors (Lipinski definition) is 0. The highest BCUT2D eigenvalue weighted by Gasteiger charge is 2.50. The molecule has 4 rings (SSSR count). The Morgan fingerprint density at radius 1 is 1.03 bits per heavy atom. The van der Waals surface area contributed by atoms with Crippen LogP contribution < -0.4 is 0 Å². The second kappa shape index (κ2) is 10.7. The summed E-state index contributed by atoms with van der Waals surface area (Å²) in [5.74, 6) is 0.761. The van der Waals surface area contributed by atoms with E-state index in [9.17, 15) is 9.59 Å². The van der Waals surface area contributed by atoms with E-state index in [2.05, 4.69) is 30.3 Å². The molecule has 0 radical (unpaired) electrons. The van der Waals surface area contributed by atoms with Gasteiger partial charge in [0.2, 0.25) is 0 Å². The van der Waals surface area contributed by atoms with E-state index in [1.165, 1.54) is 4.91 Å². The lowest BCUT2D eigenvalue weighted by atomic mass is 10.1. The number of urea groups is 1. The fraction of sp³-hybridized carbons (Fsp3) is 0.385. The van der Waals surface area contributed by atoms with E-state index in [-0.39, 0.29) is 24.1 Å². The molecule has 0 spiro atoms. The number of unbranched alkanes of at least 4 members (excludes halogenated alkanes) is 1. The van der Waals surface area contributed by atoms with Gasteiger partial charge in [0.25, 0.3) is 0 Å². The molecule has 6 heteroatoms. The molecule has 2 aromatic carbocycles. The predicted octanol–water partition coefficient (Wildman–Crippen LogP) is 5.23. The van der Waals surface area contributed by atoms with Crippen LogP contribution in [0.3, 0.4) is 0 Å². The number of nitrogens with zero attached hydrogens (tertiary/aromatic N) is 2. The zero-order valence-electron chi connectivity index (χ0n) is 18.5. The first-order chi connectivity index (χ1) is 15.7. The number of fused-ring (bicyclic) bond motifs is 1. The van der Waals surface area contributed by atoms with Crippen molar-refractivity contribution in [2.75, 3.05) is 12.4 Å². The van der Waals surface area contributed by atoms with Crippen molar-refractivity contribution in [2.24, 2.45) is 0 Å². The lowest BCUT2D eigenvalue weighted by Gasteiger charge is -2.23. The summed E-state index contributed by atoms with van der Waals surface area (Å²) < 4.78 is 5.03. The Labute approximate surface area is 194 Å². The second-order valence-electron chi connectivity index (χ2n) is 8.14. The zero-order chi connectivity index (χ0) is 22.3. The minimum Gasteiger partial charge on any atom is -0.466 e. The largest absolute Gasteiger partial charge is 0.466 e. The van der Waals surface area contributed by atoms with Gasteiger partial charge >= 0.3 is 12.0 Å². The number of thioether (sulfide) groups is 1. The summed E-state index contributed by atoms with van der Waals surface area (Å²) >= 11 is 1.84. The number of carbonyl (C=O) groups excluding carboxylic acids is 2. The number of ether oxygens (including phenoxy) is 1. The van der Waals surface area contributed by atoms with Crippen LogP contribution in [0.2, 0.25) is 0 Å². The van der Waals surface area contributed by atoms with Crippen LogP contribution in [-0.2, 0) is 22.6 Å². The van der Waals surface area contributed by atoms with Gasteiger partial charge in [-0.2, -0.15) is 0 Å². The summed E-state index contributed by atoms with van der Waals surface area (Å²) in [7, 11) is 0. The van der Waals surface area contributed by atoms with Crippen molar-refractivity contribution in [3.05, 3.63) is 82.8 Å². The lowest BCUT2D eigenvalue weighted by molar-refractivity contribution is -0.143. The fourth-order valence-corrected chi connectivity index (χ4v) is 5.83. The normalized spacial score (nSPS) is 21.3. The summed E-state index contributed by atoms with van der Waals surface area (Å²) in [6, 6.07) is 20.7. The molecule has 2 saturated heterocycles. The number of allylic oxidation sites excluding steroid dienone is 1. The maximum atomic E-state index is 13.5.